The van der Waals surface area contributed by atoms with Crippen LogP contribution >= 0.6 is 0 Å². The van der Waals surface area contributed by atoms with Crippen molar-refractivity contribution in [1.82, 2.24) is 0 Å². The Morgan fingerprint density at radius 1 is 0.269 bits per heavy atom. The van der Waals surface area contributed by atoms with Crippen LogP contribution in [0.1, 0.15) is 0 Å². The van der Waals surface area contributed by atoms with Crippen LogP contribution in [0.5, 0.6) is 23.0 Å². The van der Waals surface area contributed by atoms with Crippen LogP contribution < -0.4 is 18.9 Å². The third-order valence-electron chi connectivity index (χ3n) is 15.2. The van der Waals surface area contributed by atoms with Crippen LogP contribution in [0.2, 0.25) is 0 Å². The summed E-state index contributed by atoms with van der Waals surface area (Å²) in [5, 5.41) is 7.54. The van der Waals surface area contributed by atoms with Gasteiger partial charge >= 0.3 is 0 Å². The average Bonchev–Trinajstić information content (AvgIpc) is 3.82. The van der Waals surface area contributed by atoms with Crippen LogP contribution in [0.3, 0.4) is 0 Å². The molecule has 0 saturated heterocycles. The Bertz CT molecular complexity index is 4350. The molecule has 0 spiro atoms. The van der Waals surface area contributed by atoms with Crippen molar-refractivity contribution >= 4 is 62.8 Å². The van der Waals surface area contributed by atoms with E-state index in [1.807, 2.05) is 206 Å². The van der Waals surface area contributed by atoms with E-state index in [4.69, 9.17) is 18.9 Å². The molecule has 0 N–H and O–H groups in total. The van der Waals surface area contributed by atoms with E-state index in [1.165, 1.54) is 0 Å². The fourth-order valence-corrected chi connectivity index (χ4v) is 15.4. The van der Waals surface area contributed by atoms with E-state index in [0.717, 1.165) is 110 Å². The monoisotopic (exact) mass is 1060 g/mol. The van der Waals surface area contributed by atoms with Gasteiger partial charge in [-0.2, -0.15) is 0 Å². The molecule has 14 rings (SSSR count). The predicted molar refractivity (Wildman–Crippen MR) is 313 cm³/mol. The number of sulfone groups is 2. The zero-order valence-corrected chi connectivity index (χ0v) is 44.5. The van der Waals surface area contributed by atoms with Crippen molar-refractivity contribution in [3.05, 3.63) is 218 Å². The van der Waals surface area contributed by atoms with Gasteiger partial charge in [0.05, 0.1) is 48.0 Å². The van der Waals surface area contributed by atoms with Crippen molar-refractivity contribution in [2.24, 2.45) is 0 Å². The number of hydrogen-bond acceptors (Lipinski definition) is 8. The first-order chi connectivity index (χ1) is 38.0. The SMILES string of the molecule is COc1ccc(-c2c3c(c(-c4ccc(OC)cc4)c4ccccc24)S(=O)(=O)c2cc4ccccc4cc2-3)cc1.COc1ccc(-c2c3c(c(-c4ccc(OC)cc4)c4ccccc24)S(=O)(=O)c2cc4ccccc4cc2-3)cc1. The molecular formula is C68H48O8S2. The summed E-state index contributed by atoms with van der Waals surface area (Å²) in [6, 6.07) is 70.5. The van der Waals surface area contributed by atoms with E-state index >= 15 is 0 Å². The van der Waals surface area contributed by atoms with Gasteiger partial charge in [0, 0.05) is 33.4 Å². The van der Waals surface area contributed by atoms with Gasteiger partial charge in [-0.05, 0) is 149 Å². The van der Waals surface area contributed by atoms with E-state index in [-0.39, 0.29) is 0 Å². The highest BCUT2D eigenvalue weighted by molar-refractivity contribution is 7.92. The Balaban J connectivity index is 0.000000148. The van der Waals surface area contributed by atoms with Crippen LogP contribution in [0.25, 0.3) is 110 Å². The van der Waals surface area contributed by atoms with Gasteiger partial charge in [0.2, 0.25) is 19.7 Å². The molecule has 380 valence electrons. The number of rotatable bonds is 8. The summed E-state index contributed by atoms with van der Waals surface area (Å²) in [6.07, 6.45) is 0. The van der Waals surface area contributed by atoms with Crippen LogP contribution in [-0.4, -0.2) is 45.3 Å². The quantitative estimate of drug-likeness (QED) is 0.148. The van der Waals surface area contributed by atoms with Gasteiger partial charge in [0.1, 0.15) is 23.0 Å². The Hall–Kier alpha value is -9.22. The van der Waals surface area contributed by atoms with Crippen molar-refractivity contribution in [3.8, 4) is 89.8 Å². The maximum Gasteiger partial charge on any atom is 0.208 e. The Morgan fingerprint density at radius 2 is 0.513 bits per heavy atom. The molecule has 2 heterocycles. The van der Waals surface area contributed by atoms with Crippen molar-refractivity contribution in [3.63, 3.8) is 0 Å². The van der Waals surface area contributed by atoms with Gasteiger partial charge in [-0.15, -0.1) is 0 Å². The maximum atomic E-state index is 14.5. The minimum Gasteiger partial charge on any atom is -0.497 e. The largest absolute Gasteiger partial charge is 0.497 e. The standard InChI is InChI=1S/2C34H24O4S/c2*1-37-25-15-11-21(12-16-25)31-27-9-5-6-10-28(27)32(22-13-17-26(38-2)18-14-22)34-33(31)29-19-23-7-3-4-8-24(23)20-30(29)39(34,35)36/h2*3-20H,1-2H3. The second kappa shape index (κ2) is 18.8. The second-order valence-corrected chi connectivity index (χ2v) is 23.0. The zero-order chi connectivity index (χ0) is 53.5. The lowest BCUT2D eigenvalue weighted by Crippen LogP contribution is -2.01. The molecule has 0 fully saturated rings. The number of benzene rings is 12. The molecule has 8 nitrogen and oxygen atoms in total. The van der Waals surface area contributed by atoms with Crippen LogP contribution in [0, 0.1) is 0 Å². The summed E-state index contributed by atoms with van der Waals surface area (Å²) in [6.45, 7) is 0. The molecule has 12 aromatic carbocycles. The molecular weight excluding hydrogens is 1010 g/mol. The van der Waals surface area contributed by atoms with Gasteiger partial charge in [-0.3, -0.25) is 0 Å². The highest BCUT2D eigenvalue weighted by Gasteiger charge is 2.41. The molecule has 12 aromatic rings. The minimum absolute atomic E-state index is 0.344. The van der Waals surface area contributed by atoms with Crippen molar-refractivity contribution < 1.29 is 35.8 Å². The average molecular weight is 1060 g/mol. The molecule has 0 bridgehead atoms. The van der Waals surface area contributed by atoms with Gasteiger partial charge in [0.25, 0.3) is 0 Å². The van der Waals surface area contributed by atoms with E-state index in [2.05, 4.69) is 12.1 Å². The lowest BCUT2D eigenvalue weighted by atomic mass is 9.85. The summed E-state index contributed by atoms with van der Waals surface area (Å²) in [5.41, 5.74) is 9.68. The first-order valence-corrected chi connectivity index (χ1v) is 28.3. The zero-order valence-electron chi connectivity index (χ0n) is 42.9. The summed E-state index contributed by atoms with van der Waals surface area (Å²) in [4.78, 5) is 1.39. The van der Waals surface area contributed by atoms with Crippen molar-refractivity contribution in [2.45, 2.75) is 19.6 Å². The molecule has 0 unspecified atom stereocenters. The van der Waals surface area contributed by atoms with E-state index in [0.29, 0.717) is 42.2 Å². The molecule has 0 aliphatic carbocycles. The minimum atomic E-state index is -3.84. The van der Waals surface area contributed by atoms with Crippen LogP contribution in [0.15, 0.2) is 238 Å². The summed E-state index contributed by atoms with van der Waals surface area (Å²) in [7, 11) is -1.16. The number of methoxy groups -OCH3 is 4. The highest BCUT2D eigenvalue weighted by Crippen LogP contribution is 2.58. The first kappa shape index (κ1) is 48.4. The molecule has 0 radical (unpaired) electrons. The van der Waals surface area contributed by atoms with Gasteiger partial charge < -0.3 is 18.9 Å². The fourth-order valence-electron chi connectivity index (χ4n) is 11.6. The topological polar surface area (TPSA) is 105 Å². The molecule has 78 heavy (non-hydrogen) atoms. The van der Waals surface area contributed by atoms with Crippen LogP contribution in [-0.2, 0) is 19.7 Å². The van der Waals surface area contributed by atoms with E-state index in [1.54, 1.807) is 28.4 Å². The maximum absolute atomic E-state index is 14.5. The molecule has 10 heteroatoms. The Labute approximate surface area is 452 Å². The summed E-state index contributed by atoms with van der Waals surface area (Å²) in [5.74, 6) is 2.92. The molecule has 0 aromatic heterocycles. The summed E-state index contributed by atoms with van der Waals surface area (Å²) >= 11 is 0. The molecule has 0 amide bonds. The Morgan fingerprint density at radius 3 is 0.795 bits per heavy atom. The molecule has 2 aliphatic rings. The fraction of sp³-hybridized carbons (Fsp3) is 0.0588. The van der Waals surface area contributed by atoms with Crippen molar-refractivity contribution in [1.29, 1.82) is 0 Å². The number of hydrogen-bond donors (Lipinski definition) is 0. The van der Waals surface area contributed by atoms with Gasteiger partial charge in [-0.1, -0.05) is 146 Å². The smallest absolute Gasteiger partial charge is 0.208 e. The molecule has 0 atom stereocenters. The van der Waals surface area contributed by atoms with Crippen molar-refractivity contribution in [2.75, 3.05) is 28.4 Å². The molecule has 0 saturated carbocycles. The number of ether oxygens (including phenoxy) is 4. The Kier molecular flexibility index (Phi) is 11.7. The third-order valence-corrected chi connectivity index (χ3v) is 18.9. The van der Waals surface area contributed by atoms with E-state index in [9.17, 15) is 16.8 Å². The van der Waals surface area contributed by atoms with Gasteiger partial charge in [-0.25, -0.2) is 16.8 Å². The normalized spacial score (nSPS) is 13.3. The first-order valence-electron chi connectivity index (χ1n) is 25.3. The summed E-state index contributed by atoms with van der Waals surface area (Å²) < 4.78 is 79.7. The number of fused-ring (bicyclic) bond motifs is 10. The highest BCUT2D eigenvalue weighted by atomic mass is 32.2. The van der Waals surface area contributed by atoms with E-state index < -0.39 is 19.7 Å². The second-order valence-electron chi connectivity index (χ2n) is 19.3. The lowest BCUT2D eigenvalue weighted by Gasteiger charge is -2.19. The van der Waals surface area contributed by atoms with Crippen LogP contribution in [0.4, 0.5) is 0 Å². The predicted octanol–water partition coefficient (Wildman–Crippen LogP) is 16.3. The lowest BCUT2D eigenvalue weighted by molar-refractivity contribution is 0.415. The van der Waals surface area contributed by atoms with Gasteiger partial charge in [0.15, 0.2) is 0 Å². The molecule has 2 aliphatic heterocycles. The third kappa shape index (κ3) is 7.62.